The van der Waals surface area contributed by atoms with Crippen LogP contribution in [-0.4, -0.2) is 23.6 Å². The lowest BCUT2D eigenvalue weighted by Crippen LogP contribution is -2.41. The van der Waals surface area contributed by atoms with Crippen molar-refractivity contribution < 1.29 is 19.4 Å². The highest BCUT2D eigenvalue weighted by molar-refractivity contribution is 6.36. The Kier molecular flexibility index (Phi) is 5.62. The average Bonchev–Trinajstić information content (AvgIpc) is 3.12. The van der Waals surface area contributed by atoms with Crippen LogP contribution in [-0.2, 0) is 5.66 Å². The number of hydrogen-bond acceptors (Lipinski definition) is 5. The highest BCUT2D eigenvalue weighted by Crippen LogP contribution is 2.50. The number of carbonyl (C=O) groups is 2. The predicted octanol–water partition coefficient (Wildman–Crippen LogP) is 4.93. The van der Waals surface area contributed by atoms with E-state index in [0.29, 0.717) is 44.9 Å². The highest BCUT2D eigenvalue weighted by atomic mass is 35.5. The van der Waals surface area contributed by atoms with Crippen LogP contribution in [0.25, 0.3) is 0 Å². The van der Waals surface area contributed by atoms with Crippen LogP contribution in [0.5, 0.6) is 5.75 Å². The molecule has 0 aromatic heterocycles. The van der Waals surface area contributed by atoms with E-state index >= 15 is 0 Å². The van der Waals surface area contributed by atoms with Gasteiger partial charge in [0.1, 0.15) is 5.75 Å². The molecule has 0 bridgehead atoms. The van der Waals surface area contributed by atoms with Crippen LogP contribution < -0.4 is 21.1 Å². The summed E-state index contributed by atoms with van der Waals surface area (Å²) in [7, 11) is 0. The standard InChI is InChI=1S/C23H19Cl2N3O4/c1-2-32-19-11-12(21(26)29)6-8-14(19)23(20-15(24)4-3-5-16(20)25)27-17-9-7-13(22(30)31)10-18(17)28-23/h3-11,27-28H,2H2,1H3,(H2,26,29)(H,30,31). The number of ether oxygens (including phenoxy) is 1. The number of benzene rings is 3. The summed E-state index contributed by atoms with van der Waals surface area (Å²) in [5.74, 6) is -1.25. The van der Waals surface area contributed by atoms with Crippen molar-refractivity contribution in [2.75, 3.05) is 17.2 Å². The molecule has 1 aliphatic rings. The zero-order valence-electron chi connectivity index (χ0n) is 16.9. The molecule has 1 unspecified atom stereocenters. The lowest BCUT2D eigenvalue weighted by atomic mass is 9.89. The smallest absolute Gasteiger partial charge is 0.335 e. The van der Waals surface area contributed by atoms with Crippen molar-refractivity contribution in [3.05, 3.63) is 86.9 Å². The van der Waals surface area contributed by atoms with Crippen LogP contribution in [0.1, 0.15) is 38.8 Å². The lowest BCUT2D eigenvalue weighted by molar-refractivity contribution is 0.0696. The molecular weight excluding hydrogens is 453 g/mol. The van der Waals surface area contributed by atoms with Crippen molar-refractivity contribution in [2.24, 2.45) is 5.73 Å². The number of halogens is 2. The van der Waals surface area contributed by atoms with E-state index in [2.05, 4.69) is 10.6 Å². The Morgan fingerprint density at radius 2 is 1.66 bits per heavy atom. The molecule has 0 radical (unpaired) electrons. The third-order valence-corrected chi connectivity index (χ3v) is 5.85. The lowest BCUT2D eigenvalue weighted by Gasteiger charge is -2.35. The number of carboxylic acid groups (broad SMARTS) is 1. The Bertz CT molecular complexity index is 1230. The fraction of sp³-hybridized carbons (Fsp3) is 0.130. The molecule has 0 saturated carbocycles. The molecule has 0 saturated heterocycles. The molecule has 0 fully saturated rings. The Morgan fingerprint density at radius 1 is 1.00 bits per heavy atom. The van der Waals surface area contributed by atoms with Crippen LogP contribution in [0.4, 0.5) is 11.4 Å². The van der Waals surface area contributed by atoms with E-state index in [0.717, 1.165) is 0 Å². The fourth-order valence-corrected chi connectivity index (χ4v) is 4.52. The summed E-state index contributed by atoms with van der Waals surface area (Å²) in [6.07, 6.45) is 0. The van der Waals surface area contributed by atoms with E-state index in [1.54, 1.807) is 42.5 Å². The minimum atomic E-state index is -1.21. The van der Waals surface area contributed by atoms with Gasteiger partial charge in [-0.25, -0.2) is 4.79 Å². The van der Waals surface area contributed by atoms with Gasteiger partial charge in [-0.1, -0.05) is 29.3 Å². The van der Waals surface area contributed by atoms with Gasteiger partial charge in [0.2, 0.25) is 5.91 Å². The first-order chi connectivity index (χ1) is 15.3. The summed E-state index contributed by atoms with van der Waals surface area (Å²) in [6, 6.07) is 14.7. The molecule has 1 aliphatic heterocycles. The number of aromatic carboxylic acids is 1. The summed E-state index contributed by atoms with van der Waals surface area (Å²) in [6.45, 7) is 2.15. The van der Waals surface area contributed by atoms with Crippen LogP contribution >= 0.6 is 23.2 Å². The second kappa shape index (κ2) is 8.26. The maximum atomic E-state index is 11.8. The summed E-state index contributed by atoms with van der Waals surface area (Å²) in [4.78, 5) is 23.3. The molecule has 1 amide bonds. The van der Waals surface area contributed by atoms with Crippen LogP contribution in [0, 0.1) is 0 Å². The number of hydrogen-bond donors (Lipinski definition) is 4. The molecule has 0 aliphatic carbocycles. The monoisotopic (exact) mass is 471 g/mol. The molecule has 164 valence electrons. The maximum Gasteiger partial charge on any atom is 0.335 e. The van der Waals surface area contributed by atoms with Gasteiger partial charge in [-0.15, -0.1) is 0 Å². The van der Waals surface area contributed by atoms with Gasteiger partial charge in [0.25, 0.3) is 0 Å². The second-order valence-corrected chi connectivity index (χ2v) is 7.98. The Balaban J connectivity index is 1.99. The van der Waals surface area contributed by atoms with Crippen LogP contribution in [0.3, 0.4) is 0 Å². The number of amides is 1. The third-order valence-electron chi connectivity index (χ3n) is 5.22. The number of primary amides is 1. The van der Waals surface area contributed by atoms with E-state index in [1.165, 1.54) is 12.1 Å². The number of carboxylic acids is 1. The van der Waals surface area contributed by atoms with Gasteiger partial charge in [-0.2, -0.15) is 0 Å². The van der Waals surface area contributed by atoms with Crippen molar-refractivity contribution in [1.29, 1.82) is 0 Å². The van der Waals surface area contributed by atoms with Crippen LogP contribution in [0.15, 0.2) is 54.6 Å². The molecule has 4 rings (SSSR count). The summed E-state index contributed by atoms with van der Waals surface area (Å²) in [5.41, 5.74) is 6.95. The van der Waals surface area contributed by atoms with E-state index in [4.69, 9.17) is 33.7 Å². The van der Waals surface area contributed by atoms with Gasteiger partial charge < -0.3 is 26.2 Å². The third kappa shape index (κ3) is 3.59. The summed E-state index contributed by atoms with van der Waals surface area (Å²) < 4.78 is 5.86. The minimum absolute atomic E-state index is 0.119. The number of rotatable bonds is 6. The number of nitrogens with two attached hydrogens (primary N) is 1. The predicted molar refractivity (Wildman–Crippen MR) is 124 cm³/mol. The number of anilines is 2. The first kappa shape index (κ1) is 21.8. The van der Waals surface area contributed by atoms with Gasteiger partial charge in [0, 0.05) is 26.7 Å². The fourth-order valence-electron chi connectivity index (χ4n) is 3.84. The van der Waals surface area contributed by atoms with Gasteiger partial charge in [-0.05, 0) is 55.5 Å². The Morgan fingerprint density at radius 3 is 2.28 bits per heavy atom. The molecule has 1 atom stereocenters. The van der Waals surface area contributed by atoms with Crippen molar-refractivity contribution in [2.45, 2.75) is 12.6 Å². The van der Waals surface area contributed by atoms with E-state index in [1.807, 2.05) is 6.92 Å². The first-order valence-electron chi connectivity index (χ1n) is 9.72. The molecule has 0 spiro atoms. The zero-order chi connectivity index (χ0) is 23.0. The molecule has 3 aromatic carbocycles. The number of fused-ring (bicyclic) bond motifs is 1. The molecule has 3 aromatic rings. The number of nitrogens with one attached hydrogen (secondary N) is 2. The van der Waals surface area contributed by atoms with Crippen molar-refractivity contribution in [1.82, 2.24) is 0 Å². The topological polar surface area (TPSA) is 114 Å². The van der Waals surface area contributed by atoms with Gasteiger partial charge in [-0.3, -0.25) is 4.79 Å². The van der Waals surface area contributed by atoms with E-state index in [9.17, 15) is 14.7 Å². The summed E-state index contributed by atoms with van der Waals surface area (Å²) >= 11 is 13.2. The normalized spacial score (nSPS) is 16.6. The highest BCUT2D eigenvalue weighted by Gasteiger charge is 2.45. The first-order valence-corrected chi connectivity index (χ1v) is 10.5. The molecule has 5 N–H and O–H groups in total. The van der Waals surface area contributed by atoms with Crippen molar-refractivity contribution in [3.63, 3.8) is 0 Å². The second-order valence-electron chi connectivity index (χ2n) is 7.17. The quantitative estimate of drug-likeness (QED) is 0.405. The largest absolute Gasteiger partial charge is 0.493 e. The minimum Gasteiger partial charge on any atom is -0.493 e. The molecule has 7 nitrogen and oxygen atoms in total. The molecule has 9 heteroatoms. The zero-order valence-corrected chi connectivity index (χ0v) is 18.4. The SMILES string of the molecule is CCOc1cc(C(N)=O)ccc1C1(c2c(Cl)cccc2Cl)Nc2ccc(C(=O)O)cc2N1. The van der Waals surface area contributed by atoms with Crippen molar-refractivity contribution >= 4 is 46.5 Å². The summed E-state index contributed by atoms with van der Waals surface area (Å²) in [5, 5.41) is 16.9. The maximum absolute atomic E-state index is 11.8. The van der Waals surface area contributed by atoms with E-state index < -0.39 is 17.5 Å². The number of carbonyl (C=O) groups excluding carboxylic acids is 1. The molecular formula is C23H19Cl2N3O4. The average molecular weight is 472 g/mol. The van der Waals surface area contributed by atoms with Crippen molar-refractivity contribution in [3.8, 4) is 5.75 Å². The van der Waals surface area contributed by atoms with Gasteiger partial charge in [0.15, 0.2) is 5.66 Å². The van der Waals surface area contributed by atoms with Gasteiger partial charge in [0.05, 0.1) is 23.5 Å². The Hall–Kier alpha value is -3.42. The molecule has 1 heterocycles. The van der Waals surface area contributed by atoms with E-state index in [-0.39, 0.29) is 11.1 Å². The Labute approximate surface area is 194 Å². The van der Waals surface area contributed by atoms with Crippen LogP contribution in [0.2, 0.25) is 10.0 Å². The molecule has 32 heavy (non-hydrogen) atoms. The van der Waals surface area contributed by atoms with Gasteiger partial charge >= 0.3 is 5.97 Å².